The van der Waals surface area contributed by atoms with Crippen LogP contribution in [-0.2, 0) is 10.0 Å². The number of pyridine rings is 1. The zero-order valence-corrected chi connectivity index (χ0v) is 10.3. The van der Waals surface area contributed by atoms with Gasteiger partial charge in [-0.2, -0.15) is 0 Å². The smallest absolute Gasteiger partial charge is 0.367 e. The van der Waals surface area contributed by atoms with Crippen LogP contribution in [0.15, 0.2) is 17.0 Å². The lowest BCUT2D eigenvalue weighted by molar-refractivity contribution is -0.389. The van der Waals surface area contributed by atoms with Crippen molar-refractivity contribution >= 4 is 15.8 Å². The van der Waals surface area contributed by atoms with Crippen LogP contribution in [0.3, 0.4) is 0 Å². The number of nitrogens with zero attached hydrogens (tertiary/aromatic N) is 3. The topological polar surface area (TPSA) is 103 Å². The molecule has 9 heteroatoms. The predicted molar refractivity (Wildman–Crippen MR) is 58.3 cm³/mol. The number of ether oxygens (including phenoxy) is 1. The van der Waals surface area contributed by atoms with Gasteiger partial charge in [-0.1, -0.05) is 0 Å². The van der Waals surface area contributed by atoms with Crippen LogP contribution in [0.5, 0.6) is 5.88 Å². The third kappa shape index (κ3) is 2.50. The van der Waals surface area contributed by atoms with Crippen LogP contribution >= 0.6 is 0 Å². The lowest BCUT2D eigenvalue weighted by Crippen LogP contribution is -2.23. The number of rotatable bonds is 4. The van der Waals surface area contributed by atoms with Gasteiger partial charge < -0.3 is 14.9 Å². The fourth-order valence-corrected chi connectivity index (χ4v) is 2.04. The molecule has 0 fully saturated rings. The van der Waals surface area contributed by atoms with E-state index in [1.54, 1.807) is 0 Å². The van der Waals surface area contributed by atoms with Crippen LogP contribution in [0, 0.1) is 10.1 Å². The number of aromatic nitrogens is 1. The Morgan fingerprint density at radius 2 is 2.00 bits per heavy atom. The summed E-state index contributed by atoms with van der Waals surface area (Å²) in [5.41, 5.74) is 0. The molecule has 0 aliphatic heterocycles. The van der Waals surface area contributed by atoms with E-state index < -0.39 is 20.8 Å². The van der Waals surface area contributed by atoms with E-state index in [9.17, 15) is 18.5 Å². The highest BCUT2D eigenvalue weighted by atomic mass is 32.2. The summed E-state index contributed by atoms with van der Waals surface area (Å²) in [7, 11) is 0.143. The minimum atomic E-state index is -3.74. The van der Waals surface area contributed by atoms with Crippen molar-refractivity contribution in [3.8, 4) is 5.88 Å². The average molecular weight is 261 g/mol. The molecule has 0 aliphatic rings. The van der Waals surface area contributed by atoms with E-state index in [-0.39, 0.29) is 10.8 Å². The molecule has 0 spiro atoms. The standard InChI is InChI=1S/C8H11N3O5S/c1-10(2)17(14,15)6-4-5-7(11(12)13)9-8(6)16-3/h4-5H,1-3H3. The van der Waals surface area contributed by atoms with Crippen molar-refractivity contribution in [2.45, 2.75) is 4.90 Å². The van der Waals surface area contributed by atoms with Gasteiger partial charge in [-0.25, -0.2) is 12.7 Å². The van der Waals surface area contributed by atoms with Gasteiger partial charge in [0.05, 0.1) is 7.11 Å². The van der Waals surface area contributed by atoms with Gasteiger partial charge in [-0.05, 0) is 11.0 Å². The zero-order valence-electron chi connectivity index (χ0n) is 9.45. The van der Waals surface area contributed by atoms with E-state index in [2.05, 4.69) is 4.98 Å². The molecule has 0 bridgehead atoms. The fraction of sp³-hybridized carbons (Fsp3) is 0.375. The Hall–Kier alpha value is -1.74. The van der Waals surface area contributed by atoms with E-state index >= 15 is 0 Å². The minimum Gasteiger partial charge on any atom is -0.462 e. The van der Waals surface area contributed by atoms with Gasteiger partial charge >= 0.3 is 11.7 Å². The van der Waals surface area contributed by atoms with Gasteiger partial charge in [0.25, 0.3) is 0 Å². The second kappa shape index (κ2) is 4.63. The first-order chi connectivity index (χ1) is 7.80. The molecule has 8 nitrogen and oxygen atoms in total. The second-order valence-corrected chi connectivity index (χ2v) is 5.34. The number of nitro groups is 1. The SMILES string of the molecule is COc1nc([N+](=O)[O-])ccc1S(=O)(=O)N(C)C. The van der Waals surface area contributed by atoms with E-state index in [4.69, 9.17) is 4.74 Å². The van der Waals surface area contributed by atoms with Gasteiger partial charge in [0.15, 0.2) is 4.90 Å². The van der Waals surface area contributed by atoms with Crippen molar-refractivity contribution in [2.75, 3.05) is 21.2 Å². The quantitative estimate of drug-likeness (QED) is 0.568. The Bertz CT molecular complexity index is 540. The summed E-state index contributed by atoms with van der Waals surface area (Å²) >= 11 is 0. The molecule has 1 rings (SSSR count). The molecule has 1 aromatic rings. The summed E-state index contributed by atoms with van der Waals surface area (Å²) in [5, 5.41) is 10.5. The molecular weight excluding hydrogens is 250 g/mol. The van der Waals surface area contributed by atoms with Crippen LogP contribution in [0.1, 0.15) is 0 Å². The summed E-state index contributed by atoms with van der Waals surface area (Å²) in [6.45, 7) is 0. The zero-order chi connectivity index (χ0) is 13.2. The fourth-order valence-electron chi connectivity index (χ4n) is 1.06. The van der Waals surface area contributed by atoms with Crippen LogP contribution in [0.2, 0.25) is 0 Å². The van der Waals surface area contributed by atoms with Crippen LogP contribution in [0.25, 0.3) is 0 Å². The summed E-state index contributed by atoms with van der Waals surface area (Å²) in [6.07, 6.45) is 0. The highest BCUT2D eigenvalue weighted by molar-refractivity contribution is 7.89. The van der Waals surface area contributed by atoms with Gasteiger partial charge in [-0.15, -0.1) is 0 Å². The van der Waals surface area contributed by atoms with E-state index in [0.717, 1.165) is 16.4 Å². The number of methoxy groups -OCH3 is 1. The molecule has 0 radical (unpaired) electrons. The molecule has 0 aromatic carbocycles. The van der Waals surface area contributed by atoms with Crippen molar-refractivity contribution < 1.29 is 18.1 Å². The molecular formula is C8H11N3O5S. The monoisotopic (exact) mass is 261 g/mol. The Labute approximate surface area is 98.0 Å². The maximum absolute atomic E-state index is 11.8. The molecule has 0 saturated heterocycles. The van der Waals surface area contributed by atoms with E-state index in [1.807, 2.05) is 0 Å². The Morgan fingerprint density at radius 3 is 2.41 bits per heavy atom. The Balaban J connectivity index is 3.42. The molecule has 1 aromatic heterocycles. The molecule has 0 saturated carbocycles. The summed E-state index contributed by atoms with van der Waals surface area (Å²) in [4.78, 5) is 13.1. The molecule has 0 amide bonds. The van der Waals surface area contributed by atoms with Gasteiger partial charge in [-0.3, -0.25) is 0 Å². The van der Waals surface area contributed by atoms with E-state index in [1.165, 1.54) is 21.2 Å². The lowest BCUT2D eigenvalue weighted by Gasteiger charge is -2.11. The van der Waals surface area contributed by atoms with Gasteiger partial charge in [0, 0.05) is 25.1 Å². The normalized spacial score (nSPS) is 11.5. The van der Waals surface area contributed by atoms with Crippen LogP contribution in [-0.4, -0.2) is 43.8 Å². The molecule has 0 atom stereocenters. The van der Waals surface area contributed by atoms with Crippen molar-refractivity contribution in [1.82, 2.24) is 9.29 Å². The lowest BCUT2D eigenvalue weighted by atomic mass is 10.4. The highest BCUT2D eigenvalue weighted by Gasteiger charge is 2.27. The van der Waals surface area contributed by atoms with Crippen LogP contribution < -0.4 is 4.74 Å². The Kier molecular flexibility index (Phi) is 3.63. The maximum atomic E-state index is 11.8. The summed E-state index contributed by atoms with van der Waals surface area (Å²) in [6, 6.07) is 2.11. The maximum Gasteiger partial charge on any atom is 0.367 e. The first-order valence-corrected chi connectivity index (χ1v) is 5.86. The molecule has 0 aliphatic carbocycles. The highest BCUT2D eigenvalue weighted by Crippen LogP contribution is 2.25. The van der Waals surface area contributed by atoms with Gasteiger partial charge in [0.1, 0.15) is 0 Å². The molecule has 1 heterocycles. The molecule has 0 N–H and O–H groups in total. The van der Waals surface area contributed by atoms with Gasteiger partial charge in [0.2, 0.25) is 10.0 Å². The second-order valence-electron chi connectivity index (χ2n) is 3.22. The largest absolute Gasteiger partial charge is 0.462 e. The van der Waals surface area contributed by atoms with Crippen LogP contribution in [0.4, 0.5) is 5.82 Å². The summed E-state index contributed by atoms with van der Waals surface area (Å²) < 4.78 is 29.4. The first-order valence-electron chi connectivity index (χ1n) is 4.42. The van der Waals surface area contributed by atoms with Crippen molar-refractivity contribution in [2.24, 2.45) is 0 Å². The van der Waals surface area contributed by atoms with Crippen molar-refractivity contribution in [1.29, 1.82) is 0 Å². The van der Waals surface area contributed by atoms with Crippen molar-refractivity contribution in [3.05, 3.63) is 22.2 Å². The minimum absolute atomic E-state index is 0.212. The molecule has 17 heavy (non-hydrogen) atoms. The molecule has 94 valence electrons. The third-order valence-corrected chi connectivity index (χ3v) is 3.78. The first kappa shape index (κ1) is 13.3. The Morgan fingerprint density at radius 1 is 1.41 bits per heavy atom. The number of sulfonamides is 1. The third-order valence-electron chi connectivity index (χ3n) is 1.95. The van der Waals surface area contributed by atoms with E-state index in [0.29, 0.717) is 0 Å². The number of hydrogen-bond donors (Lipinski definition) is 0. The molecule has 0 unspecified atom stereocenters. The average Bonchev–Trinajstić information content (AvgIpc) is 2.27. The summed E-state index contributed by atoms with van der Waals surface area (Å²) in [5.74, 6) is -0.771. The number of hydrogen-bond acceptors (Lipinski definition) is 6. The van der Waals surface area contributed by atoms with Crippen molar-refractivity contribution in [3.63, 3.8) is 0 Å². The predicted octanol–water partition coefficient (Wildman–Crippen LogP) is 0.249.